The summed E-state index contributed by atoms with van der Waals surface area (Å²) in [7, 11) is 0. The molecule has 7 nitrogen and oxygen atoms in total. The van der Waals surface area contributed by atoms with Crippen LogP contribution < -0.4 is 0 Å². The molecule has 0 saturated carbocycles. The van der Waals surface area contributed by atoms with Gasteiger partial charge in [-0.05, 0) is 30.7 Å². The predicted molar refractivity (Wildman–Crippen MR) is 89.5 cm³/mol. The Balaban J connectivity index is 1.73. The monoisotopic (exact) mass is 318 g/mol. The van der Waals surface area contributed by atoms with Crippen molar-refractivity contribution in [3.05, 3.63) is 70.8 Å². The lowest BCUT2D eigenvalue weighted by Crippen LogP contribution is -2.05. The van der Waals surface area contributed by atoms with Gasteiger partial charge in [-0.15, -0.1) is 0 Å². The van der Waals surface area contributed by atoms with Crippen LogP contribution in [0.4, 0.5) is 0 Å². The molecule has 0 aliphatic heterocycles. The van der Waals surface area contributed by atoms with E-state index in [4.69, 9.17) is 0 Å². The van der Waals surface area contributed by atoms with E-state index in [1.807, 2.05) is 24.3 Å². The first-order valence-corrected chi connectivity index (χ1v) is 7.60. The van der Waals surface area contributed by atoms with Gasteiger partial charge in [0.25, 0.3) is 5.78 Å². The third kappa shape index (κ3) is 2.50. The molecule has 24 heavy (non-hydrogen) atoms. The van der Waals surface area contributed by atoms with Crippen molar-refractivity contribution in [2.45, 2.75) is 19.4 Å². The largest absolute Gasteiger partial charge is 0.256 e. The van der Waals surface area contributed by atoms with Gasteiger partial charge in [0.15, 0.2) is 0 Å². The second kappa shape index (κ2) is 5.77. The van der Waals surface area contributed by atoms with Crippen LogP contribution in [0.2, 0.25) is 0 Å². The number of hydrogen-bond acceptors (Lipinski definition) is 6. The predicted octanol–water partition coefficient (Wildman–Crippen LogP) is 3.09. The van der Waals surface area contributed by atoms with Crippen LogP contribution in [0.1, 0.15) is 29.9 Å². The van der Waals surface area contributed by atoms with Gasteiger partial charge in [-0.3, -0.25) is 4.98 Å². The van der Waals surface area contributed by atoms with E-state index in [9.17, 15) is 4.91 Å². The number of hydrogen-bond donors (Lipinski definition) is 0. The Morgan fingerprint density at radius 2 is 2.04 bits per heavy atom. The lowest BCUT2D eigenvalue weighted by atomic mass is 10.1. The minimum atomic E-state index is -0.538. The number of rotatable bonds is 4. The second-order valence-corrected chi connectivity index (χ2v) is 5.63. The molecular weight excluding hydrogens is 304 g/mol. The molecule has 0 radical (unpaired) electrons. The zero-order valence-corrected chi connectivity index (χ0v) is 13.0. The number of imidazole rings is 1. The molecule has 4 rings (SSSR count). The Labute approximate surface area is 137 Å². The molecule has 1 unspecified atom stereocenters. The van der Waals surface area contributed by atoms with Crippen molar-refractivity contribution < 1.29 is 0 Å². The second-order valence-electron chi connectivity index (χ2n) is 5.63. The van der Waals surface area contributed by atoms with Crippen molar-refractivity contribution in [3.63, 3.8) is 0 Å². The van der Waals surface area contributed by atoms with E-state index in [1.54, 1.807) is 30.0 Å². The number of nitroso groups, excluding NO2 is 1. The molecule has 0 spiro atoms. The molecular formula is C17H14N6O. The van der Waals surface area contributed by atoms with Crippen LogP contribution in [0.15, 0.2) is 54.1 Å². The zero-order chi connectivity index (χ0) is 16.5. The summed E-state index contributed by atoms with van der Waals surface area (Å²) in [6.07, 6.45) is 5.74. The molecule has 3 heterocycles. The third-order valence-corrected chi connectivity index (χ3v) is 3.96. The van der Waals surface area contributed by atoms with Crippen LogP contribution in [0.5, 0.6) is 0 Å². The molecule has 1 atom stereocenters. The summed E-state index contributed by atoms with van der Waals surface area (Å²) in [5.41, 5.74) is 3.53. The maximum absolute atomic E-state index is 10.7. The molecule has 0 saturated heterocycles. The summed E-state index contributed by atoms with van der Waals surface area (Å²) in [6.45, 7) is 1.69. The SMILES string of the molecule is CC(N=O)c1cnc2ncc(Cc3ccc4ncccc4c3)n2n1. The average Bonchev–Trinajstić information content (AvgIpc) is 3.03. The van der Waals surface area contributed by atoms with Gasteiger partial charge < -0.3 is 0 Å². The summed E-state index contributed by atoms with van der Waals surface area (Å²) >= 11 is 0. The van der Waals surface area contributed by atoms with Crippen LogP contribution >= 0.6 is 0 Å². The summed E-state index contributed by atoms with van der Waals surface area (Å²) in [5, 5.41) is 8.55. The molecule has 7 heteroatoms. The van der Waals surface area contributed by atoms with E-state index in [0.29, 0.717) is 17.9 Å². The Hall–Kier alpha value is -3.22. The number of benzene rings is 1. The van der Waals surface area contributed by atoms with Gasteiger partial charge in [0.1, 0.15) is 11.7 Å². The van der Waals surface area contributed by atoms with Gasteiger partial charge in [-0.2, -0.15) is 10.0 Å². The standard InChI is InChI=1S/C17H14N6O/c1-11(22-24)16-10-20-17-19-9-14(23(17)21-16)8-12-4-5-15-13(7-12)3-2-6-18-15/h2-7,9-11H,8H2,1H3. The Kier molecular flexibility index (Phi) is 3.45. The van der Waals surface area contributed by atoms with E-state index in [1.165, 1.54) is 0 Å². The molecule has 0 fully saturated rings. The molecule has 0 bridgehead atoms. The van der Waals surface area contributed by atoms with Gasteiger partial charge in [0, 0.05) is 18.0 Å². The van der Waals surface area contributed by atoms with Gasteiger partial charge in [0.2, 0.25) is 0 Å². The minimum absolute atomic E-state index is 0.509. The zero-order valence-electron chi connectivity index (χ0n) is 13.0. The normalized spacial score (nSPS) is 12.5. The lowest BCUT2D eigenvalue weighted by Gasteiger charge is -2.05. The van der Waals surface area contributed by atoms with Crippen molar-refractivity contribution in [2.75, 3.05) is 0 Å². The van der Waals surface area contributed by atoms with E-state index in [-0.39, 0.29) is 0 Å². The van der Waals surface area contributed by atoms with Crippen LogP contribution in [-0.2, 0) is 6.42 Å². The quantitative estimate of drug-likeness (QED) is 0.540. The van der Waals surface area contributed by atoms with E-state index >= 15 is 0 Å². The maximum Gasteiger partial charge on any atom is 0.250 e. The Bertz CT molecular complexity index is 1040. The molecule has 0 aliphatic rings. The third-order valence-electron chi connectivity index (χ3n) is 3.96. The van der Waals surface area contributed by atoms with Crippen LogP contribution in [0, 0.1) is 4.91 Å². The van der Waals surface area contributed by atoms with Crippen molar-refractivity contribution in [1.29, 1.82) is 0 Å². The van der Waals surface area contributed by atoms with Gasteiger partial charge in [-0.25, -0.2) is 14.5 Å². The van der Waals surface area contributed by atoms with Crippen molar-refractivity contribution in [3.8, 4) is 0 Å². The minimum Gasteiger partial charge on any atom is -0.256 e. The number of pyridine rings is 1. The lowest BCUT2D eigenvalue weighted by molar-refractivity contribution is 0.708. The topological polar surface area (TPSA) is 85.4 Å². The van der Waals surface area contributed by atoms with Gasteiger partial charge >= 0.3 is 0 Å². The first kappa shape index (κ1) is 14.4. The molecule has 0 amide bonds. The molecule has 0 N–H and O–H groups in total. The summed E-state index contributed by atoms with van der Waals surface area (Å²) in [4.78, 5) is 23.6. The van der Waals surface area contributed by atoms with Crippen molar-refractivity contribution >= 4 is 16.7 Å². The highest BCUT2D eigenvalue weighted by Gasteiger charge is 2.12. The highest BCUT2D eigenvalue weighted by Crippen LogP contribution is 2.18. The van der Waals surface area contributed by atoms with Crippen LogP contribution in [-0.4, -0.2) is 24.6 Å². The van der Waals surface area contributed by atoms with Gasteiger partial charge in [-0.1, -0.05) is 17.3 Å². The Morgan fingerprint density at radius 1 is 1.17 bits per heavy atom. The highest BCUT2D eigenvalue weighted by atomic mass is 16.3. The molecule has 4 aromatic rings. The Morgan fingerprint density at radius 3 is 2.92 bits per heavy atom. The van der Waals surface area contributed by atoms with Crippen molar-refractivity contribution in [1.82, 2.24) is 24.6 Å². The highest BCUT2D eigenvalue weighted by molar-refractivity contribution is 5.79. The fourth-order valence-electron chi connectivity index (χ4n) is 2.64. The molecule has 1 aromatic carbocycles. The van der Waals surface area contributed by atoms with E-state index < -0.39 is 6.04 Å². The number of aromatic nitrogens is 5. The van der Waals surface area contributed by atoms with Crippen LogP contribution in [0.25, 0.3) is 16.7 Å². The number of fused-ring (bicyclic) bond motifs is 2. The van der Waals surface area contributed by atoms with E-state index in [0.717, 1.165) is 22.2 Å². The molecule has 0 aliphatic carbocycles. The fourth-order valence-corrected chi connectivity index (χ4v) is 2.64. The first-order valence-electron chi connectivity index (χ1n) is 7.60. The average molecular weight is 318 g/mol. The van der Waals surface area contributed by atoms with E-state index in [2.05, 4.69) is 31.3 Å². The fraction of sp³-hybridized carbons (Fsp3) is 0.176. The van der Waals surface area contributed by atoms with Crippen LogP contribution in [0.3, 0.4) is 0 Å². The molecule has 118 valence electrons. The summed E-state index contributed by atoms with van der Waals surface area (Å²) in [6, 6.07) is 9.57. The van der Waals surface area contributed by atoms with Crippen molar-refractivity contribution in [2.24, 2.45) is 5.18 Å². The van der Waals surface area contributed by atoms with Gasteiger partial charge in [0.05, 0.1) is 23.6 Å². The summed E-state index contributed by atoms with van der Waals surface area (Å²) < 4.78 is 1.67. The molecule has 3 aromatic heterocycles. The number of nitrogens with zero attached hydrogens (tertiary/aromatic N) is 6. The summed E-state index contributed by atoms with van der Waals surface area (Å²) in [5.74, 6) is 0.509. The smallest absolute Gasteiger partial charge is 0.250 e. The first-order chi connectivity index (χ1) is 11.7. The maximum atomic E-state index is 10.7.